The van der Waals surface area contributed by atoms with Crippen molar-refractivity contribution in [1.82, 2.24) is 14.6 Å². The molecule has 4 aromatic rings. The second-order valence-electron chi connectivity index (χ2n) is 5.96. The van der Waals surface area contributed by atoms with Crippen LogP contribution in [0, 0.1) is 0 Å². The summed E-state index contributed by atoms with van der Waals surface area (Å²) in [4.78, 5) is 12.5. The van der Waals surface area contributed by atoms with E-state index in [2.05, 4.69) is 20.2 Å². The molecule has 0 saturated heterocycles. The Balaban J connectivity index is 1.49. The van der Waals surface area contributed by atoms with Gasteiger partial charge >= 0.3 is 0 Å². The third-order valence-electron chi connectivity index (χ3n) is 4.00. The number of hydrogen-bond acceptors (Lipinski definition) is 5. The Bertz CT molecular complexity index is 1240. The maximum atomic E-state index is 12.4. The molecule has 2 aromatic carbocycles. The lowest BCUT2D eigenvalue weighted by Gasteiger charge is -2.09. The first-order valence-corrected chi connectivity index (χ1v) is 9.78. The van der Waals surface area contributed by atoms with Crippen molar-refractivity contribution in [3.63, 3.8) is 0 Å². The van der Waals surface area contributed by atoms with Crippen LogP contribution < -0.4 is 10.0 Å². The monoisotopic (exact) mass is 393 g/mol. The zero-order valence-corrected chi connectivity index (χ0v) is 15.3. The van der Waals surface area contributed by atoms with E-state index in [1.165, 1.54) is 30.6 Å². The lowest BCUT2D eigenvalue weighted by atomic mass is 10.2. The summed E-state index contributed by atoms with van der Waals surface area (Å²) >= 11 is 0. The maximum absolute atomic E-state index is 12.4. The molecule has 0 spiro atoms. The lowest BCUT2D eigenvalue weighted by Crippen LogP contribution is -2.14. The highest BCUT2D eigenvalue weighted by molar-refractivity contribution is 7.92. The molecule has 28 heavy (non-hydrogen) atoms. The highest BCUT2D eigenvalue weighted by atomic mass is 32.2. The molecule has 0 aliphatic heterocycles. The molecule has 9 heteroatoms. The quantitative estimate of drug-likeness (QED) is 0.542. The first kappa shape index (κ1) is 17.7. The van der Waals surface area contributed by atoms with Crippen molar-refractivity contribution in [1.29, 1.82) is 0 Å². The molecule has 2 aromatic heterocycles. The standard InChI is InChI=1S/C19H15N5O3S/c25-19(14-6-11-18-22-20-13-24(18)12-14)21-15-7-9-17(10-8-15)28(26,27)23-16-4-2-1-3-5-16/h1-13,23H,(H,21,25). The number of benzene rings is 2. The number of carbonyl (C=O) groups excluding carboxylic acids is 1. The van der Waals surface area contributed by atoms with Crippen LogP contribution in [-0.4, -0.2) is 28.9 Å². The van der Waals surface area contributed by atoms with E-state index in [1.807, 2.05) is 0 Å². The Morgan fingerprint density at radius 1 is 0.893 bits per heavy atom. The average Bonchev–Trinajstić information content (AvgIpc) is 3.16. The molecule has 0 radical (unpaired) electrons. The summed E-state index contributed by atoms with van der Waals surface area (Å²) in [5, 5.41) is 10.4. The van der Waals surface area contributed by atoms with Crippen molar-refractivity contribution in [3.8, 4) is 0 Å². The molecule has 4 rings (SSSR count). The fourth-order valence-corrected chi connectivity index (χ4v) is 3.66. The van der Waals surface area contributed by atoms with Crippen LogP contribution in [0.25, 0.3) is 5.65 Å². The van der Waals surface area contributed by atoms with E-state index in [4.69, 9.17) is 0 Å². The second-order valence-corrected chi connectivity index (χ2v) is 7.65. The summed E-state index contributed by atoms with van der Waals surface area (Å²) in [5.74, 6) is -0.325. The molecular formula is C19H15N5O3S. The lowest BCUT2D eigenvalue weighted by molar-refractivity contribution is 0.102. The molecule has 8 nitrogen and oxygen atoms in total. The fourth-order valence-electron chi connectivity index (χ4n) is 2.60. The number of rotatable bonds is 5. The van der Waals surface area contributed by atoms with Gasteiger partial charge in [-0.25, -0.2) is 8.42 Å². The van der Waals surface area contributed by atoms with Gasteiger partial charge in [0.1, 0.15) is 6.33 Å². The largest absolute Gasteiger partial charge is 0.322 e. The van der Waals surface area contributed by atoms with E-state index in [1.54, 1.807) is 53.1 Å². The number of sulfonamides is 1. The van der Waals surface area contributed by atoms with Crippen LogP contribution in [0.5, 0.6) is 0 Å². The number of carbonyl (C=O) groups is 1. The molecule has 1 amide bonds. The fraction of sp³-hybridized carbons (Fsp3) is 0. The van der Waals surface area contributed by atoms with Crippen LogP contribution in [0.4, 0.5) is 11.4 Å². The minimum Gasteiger partial charge on any atom is -0.322 e. The van der Waals surface area contributed by atoms with Crippen LogP contribution in [0.2, 0.25) is 0 Å². The summed E-state index contributed by atoms with van der Waals surface area (Å²) in [7, 11) is -3.71. The molecule has 0 aliphatic rings. The summed E-state index contributed by atoms with van der Waals surface area (Å²) in [5.41, 5.74) is 2.02. The molecule has 140 valence electrons. The van der Waals surface area contributed by atoms with E-state index in [0.717, 1.165) is 0 Å². The Morgan fingerprint density at radius 2 is 1.64 bits per heavy atom. The van der Waals surface area contributed by atoms with E-state index in [-0.39, 0.29) is 10.8 Å². The second kappa shape index (κ2) is 7.12. The van der Waals surface area contributed by atoms with Gasteiger partial charge < -0.3 is 5.32 Å². The number of anilines is 2. The number of nitrogens with one attached hydrogen (secondary N) is 2. The van der Waals surface area contributed by atoms with E-state index < -0.39 is 10.0 Å². The van der Waals surface area contributed by atoms with Gasteiger partial charge in [0.15, 0.2) is 5.65 Å². The van der Waals surface area contributed by atoms with Crippen LogP contribution >= 0.6 is 0 Å². The van der Waals surface area contributed by atoms with Gasteiger partial charge in [0.25, 0.3) is 15.9 Å². The molecule has 0 unspecified atom stereocenters. The predicted molar refractivity (Wildman–Crippen MR) is 105 cm³/mol. The van der Waals surface area contributed by atoms with Crippen molar-refractivity contribution >= 4 is 33.0 Å². The van der Waals surface area contributed by atoms with Crippen LogP contribution in [0.1, 0.15) is 10.4 Å². The normalized spacial score (nSPS) is 11.3. The van der Waals surface area contributed by atoms with Gasteiger partial charge in [-0.1, -0.05) is 18.2 Å². The van der Waals surface area contributed by atoms with Crippen molar-refractivity contribution in [2.75, 3.05) is 10.0 Å². The van der Waals surface area contributed by atoms with Gasteiger partial charge in [-0.3, -0.25) is 13.9 Å². The van der Waals surface area contributed by atoms with E-state index in [0.29, 0.717) is 22.6 Å². The zero-order valence-electron chi connectivity index (χ0n) is 14.5. The molecule has 2 N–H and O–H groups in total. The van der Waals surface area contributed by atoms with Gasteiger partial charge in [0.05, 0.1) is 10.5 Å². The molecule has 0 saturated carbocycles. The number of pyridine rings is 1. The minimum atomic E-state index is -3.71. The number of amides is 1. The first-order valence-electron chi connectivity index (χ1n) is 8.30. The van der Waals surface area contributed by atoms with Crippen molar-refractivity contribution in [2.45, 2.75) is 4.90 Å². The van der Waals surface area contributed by atoms with Gasteiger partial charge in [-0.2, -0.15) is 0 Å². The van der Waals surface area contributed by atoms with E-state index in [9.17, 15) is 13.2 Å². The van der Waals surface area contributed by atoms with Gasteiger partial charge in [0.2, 0.25) is 0 Å². The van der Waals surface area contributed by atoms with Gasteiger partial charge in [-0.15, -0.1) is 10.2 Å². The number of para-hydroxylation sites is 1. The Kier molecular flexibility index (Phi) is 4.50. The third kappa shape index (κ3) is 3.69. The molecule has 0 bridgehead atoms. The van der Waals surface area contributed by atoms with Crippen LogP contribution in [-0.2, 0) is 10.0 Å². The predicted octanol–water partition coefficient (Wildman–Crippen LogP) is 2.78. The summed E-state index contributed by atoms with van der Waals surface area (Å²) in [6.45, 7) is 0. The van der Waals surface area contributed by atoms with Gasteiger partial charge in [0, 0.05) is 17.6 Å². The number of hydrogen-bond donors (Lipinski definition) is 2. The summed E-state index contributed by atoms with van der Waals surface area (Å²) in [6.07, 6.45) is 3.12. The summed E-state index contributed by atoms with van der Waals surface area (Å²) in [6, 6.07) is 17.9. The molecule has 0 fully saturated rings. The molecule has 0 aliphatic carbocycles. The minimum absolute atomic E-state index is 0.0975. The highest BCUT2D eigenvalue weighted by Crippen LogP contribution is 2.18. The Labute approximate surface area is 160 Å². The molecule has 2 heterocycles. The molecule has 0 atom stereocenters. The zero-order chi connectivity index (χ0) is 19.6. The van der Waals surface area contributed by atoms with Crippen LogP contribution in [0.15, 0.2) is 84.1 Å². The topological polar surface area (TPSA) is 105 Å². The number of fused-ring (bicyclic) bond motifs is 1. The smallest absolute Gasteiger partial charge is 0.261 e. The third-order valence-corrected chi connectivity index (χ3v) is 5.40. The Morgan fingerprint density at radius 3 is 2.39 bits per heavy atom. The first-order chi connectivity index (χ1) is 13.5. The van der Waals surface area contributed by atoms with Crippen molar-refractivity contribution in [3.05, 3.63) is 84.8 Å². The van der Waals surface area contributed by atoms with E-state index >= 15 is 0 Å². The summed E-state index contributed by atoms with van der Waals surface area (Å²) < 4.78 is 29.0. The maximum Gasteiger partial charge on any atom is 0.261 e. The SMILES string of the molecule is O=C(Nc1ccc(S(=O)(=O)Nc2ccccc2)cc1)c1ccc2nncn2c1. The number of nitrogens with zero attached hydrogens (tertiary/aromatic N) is 3. The average molecular weight is 393 g/mol. The molecular weight excluding hydrogens is 378 g/mol. The van der Waals surface area contributed by atoms with Gasteiger partial charge in [-0.05, 0) is 48.5 Å². The van der Waals surface area contributed by atoms with Crippen LogP contribution in [0.3, 0.4) is 0 Å². The highest BCUT2D eigenvalue weighted by Gasteiger charge is 2.14. The van der Waals surface area contributed by atoms with Crippen molar-refractivity contribution < 1.29 is 13.2 Å². The van der Waals surface area contributed by atoms with Crippen molar-refractivity contribution in [2.24, 2.45) is 0 Å². The Hall–Kier alpha value is -3.72. The number of aromatic nitrogens is 3.